The third-order valence-electron chi connectivity index (χ3n) is 5.21. The minimum atomic E-state index is -3.59. The van der Waals surface area contributed by atoms with Crippen LogP contribution in [0.15, 0.2) is 40.1 Å². The molecule has 1 saturated carbocycles. The van der Waals surface area contributed by atoms with Crippen molar-refractivity contribution in [2.75, 3.05) is 5.73 Å². The average molecular weight is 464 g/mol. The fourth-order valence-electron chi connectivity index (χ4n) is 3.73. The van der Waals surface area contributed by atoms with Crippen molar-refractivity contribution >= 4 is 37.4 Å². The van der Waals surface area contributed by atoms with E-state index in [1.165, 1.54) is 6.42 Å². The standard InChI is InChI=1S/C19H22BrN5O2S/c1-12-7-8-14(28(26,27)24-13-5-3-2-4-6-13)9-15(12)16-10-22-19-18(21)23-17(20)11-25(16)19/h7-11,13,24H,2-6H2,1H3,(H2,21,23). The van der Waals surface area contributed by atoms with Gasteiger partial charge in [0.25, 0.3) is 0 Å². The molecule has 1 fully saturated rings. The van der Waals surface area contributed by atoms with Crippen molar-refractivity contribution in [2.24, 2.45) is 0 Å². The number of fused-ring (bicyclic) bond motifs is 1. The molecule has 28 heavy (non-hydrogen) atoms. The lowest BCUT2D eigenvalue weighted by molar-refractivity contribution is 0.412. The summed E-state index contributed by atoms with van der Waals surface area (Å²) in [6, 6.07) is 5.19. The van der Waals surface area contributed by atoms with Crippen LogP contribution in [0.4, 0.5) is 5.82 Å². The van der Waals surface area contributed by atoms with E-state index in [2.05, 4.69) is 30.6 Å². The molecule has 4 rings (SSSR count). The highest BCUT2D eigenvalue weighted by molar-refractivity contribution is 9.10. The summed E-state index contributed by atoms with van der Waals surface area (Å²) >= 11 is 3.35. The van der Waals surface area contributed by atoms with Crippen molar-refractivity contribution in [1.29, 1.82) is 0 Å². The predicted molar refractivity (Wildman–Crippen MR) is 112 cm³/mol. The van der Waals surface area contributed by atoms with Gasteiger partial charge in [0.05, 0.1) is 16.8 Å². The van der Waals surface area contributed by atoms with Gasteiger partial charge in [0.2, 0.25) is 10.0 Å². The number of halogens is 1. The number of sulfonamides is 1. The largest absolute Gasteiger partial charge is 0.381 e. The molecule has 0 aliphatic heterocycles. The van der Waals surface area contributed by atoms with Crippen LogP contribution in [-0.2, 0) is 10.0 Å². The van der Waals surface area contributed by atoms with Crippen molar-refractivity contribution in [3.8, 4) is 11.3 Å². The second-order valence-electron chi connectivity index (χ2n) is 7.22. The number of imidazole rings is 1. The number of nitrogens with one attached hydrogen (secondary N) is 1. The zero-order valence-corrected chi connectivity index (χ0v) is 17.9. The summed E-state index contributed by atoms with van der Waals surface area (Å²) in [5.74, 6) is 0.306. The molecule has 7 nitrogen and oxygen atoms in total. The maximum absolute atomic E-state index is 12.9. The number of nitrogens with zero attached hydrogens (tertiary/aromatic N) is 3. The van der Waals surface area contributed by atoms with Gasteiger partial charge >= 0.3 is 0 Å². The molecule has 0 spiro atoms. The number of aromatic nitrogens is 3. The Bertz CT molecular complexity index is 1140. The number of nitrogen functional groups attached to an aromatic ring is 1. The van der Waals surface area contributed by atoms with Crippen LogP contribution in [-0.4, -0.2) is 28.8 Å². The van der Waals surface area contributed by atoms with Gasteiger partial charge < -0.3 is 5.73 Å². The number of hydrogen-bond donors (Lipinski definition) is 2. The van der Waals surface area contributed by atoms with Gasteiger partial charge in [-0.3, -0.25) is 4.40 Å². The first-order chi connectivity index (χ1) is 13.3. The first kappa shape index (κ1) is 19.4. The number of hydrogen-bond acceptors (Lipinski definition) is 5. The van der Waals surface area contributed by atoms with Crippen LogP contribution in [0, 0.1) is 6.92 Å². The van der Waals surface area contributed by atoms with Crippen molar-refractivity contribution in [3.63, 3.8) is 0 Å². The molecule has 1 aliphatic rings. The number of rotatable bonds is 4. The Morgan fingerprint density at radius 1 is 1.25 bits per heavy atom. The maximum Gasteiger partial charge on any atom is 0.240 e. The topological polar surface area (TPSA) is 102 Å². The van der Waals surface area contributed by atoms with Crippen LogP contribution < -0.4 is 10.5 Å². The van der Waals surface area contributed by atoms with Gasteiger partial charge in [-0.25, -0.2) is 23.1 Å². The van der Waals surface area contributed by atoms with Gasteiger partial charge in [0, 0.05) is 17.8 Å². The fraction of sp³-hybridized carbons (Fsp3) is 0.368. The molecule has 2 aromatic heterocycles. The second kappa shape index (κ2) is 7.46. The van der Waals surface area contributed by atoms with Crippen molar-refractivity contribution in [1.82, 2.24) is 19.1 Å². The summed E-state index contributed by atoms with van der Waals surface area (Å²) in [4.78, 5) is 8.77. The summed E-state index contributed by atoms with van der Waals surface area (Å²) in [7, 11) is -3.59. The van der Waals surface area contributed by atoms with E-state index in [1.807, 2.05) is 17.4 Å². The highest BCUT2D eigenvalue weighted by atomic mass is 79.9. The molecular weight excluding hydrogens is 442 g/mol. The summed E-state index contributed by atoms with van der Waals surface area (Å²) in [6.07, 6.45) is 8.56. The SMILES string of the molecule is Cc1ccc(S(=O)(=O)NC2CCCCC2)cc1-c1cnc2c(N)nc(Br)cn12. The molecule has 1 aliphatic carbocycles. The smallest absolute Gasteiger partial charge is 0.240 e. The van der Waals surface area contributed by atoms with E-state index in [4.69, 9.17) is 5.73 Å². The van der Waals surface area contributed by atoms with E-state index in [0.29, 0.717) is 16.1 Å². The highest BCUT2D eigenvalue weighted by Crippen LogP contribution is 2.29. The molecule has 1 aromatic carbocycles. The first-order valence-electron chi connectivity index (χ1n) is 9.27. The number of anilines is 1. The third-order valence-corrected chi connectivity index (χ3v) is 7.11. The average Bonchev–Trinajstić information content (AvgIpc) is 3.06. The lowest BCUT2D eigenvalue weighted by Crippen LogP contribution is -2.36. The Morgan fingerprint density at radius 3 is 2.75 bits per heavy atom. The highest BCUT2D eigenvalue weighted by Gasteiger charge is 2.23. The Balaban J connectivity index is 1.76. The monoisotopic (exact) mass is 463 g/mol. The van der Waals surface area contributed by atoms with E-state index >= 15 is 0 Å². The molecule has 0 radical (unpaired) electrons. The minimum Gasteiger partial charge on any atom is -0.381 e. The Kier molecular flexibility index (Phi) is 5.15. The minimum absolute atomic E-state index is 0.0149. The molecule has 0 unspecified atom stereocenters. The molecular formula is C19H22BrN5O2S. The normalized spacial score (nSPS) is 15.9. The van der Waals surface area contributed by atoms with Crippen LogP contribution in [0.25, 0.3) is 16.9 Å². The molecule has 0 saturated heterocycles. The Morgan fingerprint density at radius 2 is 2.00 bits per heavy atom. The van der Waals surface area contributed by atoms with Crippen LogP contribution in [0.3, 0.4) is 0 Å². The van der Waals surface area contributed by atoms with Gasteiger partial charge in [0.1, 0.15) is 4.60 Å². The lowest BCUT2D eigenvalue weighted by Gasteiger charge is -2.22. The van der Waals surface area contributed by atoms with E-state index < -0.39 is 10.0 Å². The quantitative estimate of drug-likeness (QED) is 0.614. The molecule has 3 N–H and O–H groups in total. The maximum atomic E-state index is 12.9. The lowest BCUT2D eigenvalue weighted by atomic mass is 9.96. The van der Waals surface area contributed by atoms with Gasteiger partial charge in [-0.15, -0.1) is 0 Å². The molecule has 3 aromatic rings. The van der Waals surface area contributed by atoms with E-state index in [-0.39, 0.29) is 10.9 Å². The Labute approximate surface area is 172 Å². The predicted octanol–water partition coefficient (Wildman–Crippen LogP) is 3.66. The van der Waals surface area contributed by atoms with Crippen LogP contribution in [0.5, 0.6) is 0 Å². The fourth-order valence-corrected chi connectivity index (χ4v) is 5.46. The van der Waals surface area contributed by atoms with Gasteiger partial charge in [-0.1, -0.05) is 25.3 Å². The summed E-state index contributed by atoms with van der Waals surface area (Å²) in [5, 5.41) is 0. The molecule has 2 heterocycles. The number of aryl methyl sites for hydroxylation is 1. The molecule has 9 heteroatoms. The molecule has 0 atom stereocenters. The van der Waals surface area contributed by atoms with Crippen LogP contribution in [0.1, 0.15) is 37.7 Å². The van der Waals surface area contributed by atoms with Crippen molar-refractivity contribution in [2.45, 2.75) is 50.0 Å². The summed E-state index contributed by atoms with van der Waals surface area (Å²) < 4.78 is 31.1. The van der Waals surface area contributed by atoms with E-state index in [1.54, 1.807) is 24.5 Å². The molecule has 0 amide bonds. The van der Waals surface area contributed by atoms with Gasteiger partial charge in [0.15, 0.2) is 11.5 Å². The number of benzene rings is 1. The summed E-state index contributed by atoms with van der Waals surface area (Å²) in [5.41, 5.74) is 8.99. The van der Waals surface area contributed by atoms with Gasteiger partial charge in [-0.2, -0.15) is 0 Å². The first-order valence-corrected chi connectivity index (χ1v) is 11.6. The zero-order chi connectivity index (χ0) is 19.9. The van der Waals surface area contributed by atoms with Gasteiger partial charge in [-0.05, 0) is 53.4 Å². The third kappa shape index (κ3) is 3.66. The zero-order valence-electron chi connectivity index (χ0n) is 15.5. The van der Waals surface area contributed by atoms with Crippen LogP contribution in [0.2, 0.25) is 0 Å². The number of nitrogens with two attached hydrogens (primary N) is 1. The van der Waals surface area contributed by atoms with E-state index in [0.717, 1.165) is 42.5 Å². The van der Waals surface area contributed by atoms with Crippen LogP contribution >= 0.6 is 15.9 Å². The Hall–Kier alpha value is -1.97. The van der Waals surface area contributed by atoms with E-state index in [9.17, 15) is 8.42 Å². The van der Waals surface area contributed by atoms with Crippen molar-refractivity contribution < 1.29 is 8.42 Å². The molecule has 148 valence electrons. The second-order valence-corrected chi connectivity index (χ2v) is 9.75. The summed E-state index contributed by atoms with van der Waals surface area (Å²) in [6.45, 7) is 1.94. The molecule has 0 bridgehead atoms. The van der Waals surface area contributed by atoms with Crippen molar-refractivity contribution in [3.05, 3.63) is 40.8 Å².